The molecular formula is C26H29NO7. The van der Waals surface area contributed by atoms with Gasteiger partial charge in [0.1, 0.15) is 5.76 Å². The van der Waals surface area contributed by atoms with Crippen molar-refractivity contribution in [2.75, 3.05) is 32.8 Å². The van der Waals surface area contributed by atoms with E-state index in [9.17, 15) is 9.59 Å². The van der Waals surface area contributed by atoms with Crippen molar-refractivity contribution in [1.82, 2.24) is 0 Å². The van der Waals surface area contributed by atoms with Crippen LogP contribution in [0.3, 0.4) is 0 Å². The van der Waals surface area contributed by atoms with Crippen LogP contribution in [0.15, 0.2) is 53.0 Å². The maximum atomic E-state index is 12.5. The molecule has 3 rings (SSSR count). The van der Waals surface area contributed by atoms with E-state index in [-0.39, 0.29) is 11.9 Å². The van der Waals surface area contributed by atoms with Crippen LogP contribution in [0.25, 0.3) is 16.5 Å². The van der Waals surface area contributed by atoms with Crippen molar-refractivity contribution in [2.24, 2.45) is 0 Å². The first kappa shape index (κ1) is 24.7. The van der Waals surface area contributed by atoms with Crippen LogP contribution in [0.5, 0.6) is 17.2 Å². The van der Waals surface area contributed by atoms with E-state index in [1.165, 1.54) is 13.2 Å². The zero-order valence-electron chi connectivity index (χ0n) is 19.8. The number of esters is 1. The molecule has 0 fully saturated rings. The van der Waals surface area contributed by atoms with E-state index >= 15 is 0 Å². The van der Waals surface area contributed by atoms with E-state index in [0.717, 1.165) is 5.39 Å². The summed E-state index contributed by atoms with van der Waals surface area (Å²) in [6.07, 6.45) is 2.30. The minimum absolute atomic E-state index is 0.239. The van der Waals surface area contributed by atoms with Crippen molar-refractivity contribution >= 4 is 34.1 Å². The molecule has 0 saturated heterocycles. The number of benzene rings is 2. The number of hydrogen-bond acceptors (Lipinski definition) is 7. The first-order valence-corrected chi connectivity index (χ1v) is 11.0. The Morgan fingerprint density at radius 1 is 1.03 bits per heavy atom. The summed E-state index contributed by atoms with van der Waals surface area (Å²) in [4.78, 5) is 24.0. The molecule has 180 valence electrons. The predicted octanol–water partition coefficient (Wildman–Crippen LogP) is 5.21. The minimum atomic E-state index is -0.305. The Labute approximate surface area is 198 Å². The number of furan rings is 1. The summed E-state index contributed by atoms with van der Waals surface area (Å²) in [5.74, 6) is 1.69. The van der Waals surface area contributed by atoms with E-state index in [2.05, 4.69) is 5.32 Å². The van der Waals surface area contributed by atoms with Crippen LogP contribution < -0.4 is 19.5 Å². The molecule has 0 atom stereocenters. The van der Waals surface area contributed by atoms with E-state index < -0.39 is 0 Å². The van der Waals surface area contributed by atoms with Crippen molar-refractivity contribution < 1.29 is 33.0 Å². The maximum Gasteiger partial charge on any atom is 0.305 e. The standard InChI is InChI=1S/C26H29NO7/c1-5-32-25(29)10-7-13-33-21-9-6-8-18-15-22(34-26(18)21)17(2)14-24(28)27-19-11-12-20(30-3)23(16-19)31-4/h6,8-9,11-12,14-16H,5,7,10,13H2,1-4H3,(H,27,28)/b17-14+. The van der Waals surface area contributed by atoms with Crippen LogP contribution >= 0.6 is 0 Å². The Kier molecular flexibility index (Phi) is 8.56. The Hall–Kier alpha value is -3.94. The fraction of sp³-hybridized carbons (Fsp3) is 0.308. The lowest BCUT2D eigenvalue weighted by molar-refractivity contribution is -0.143. The lowest BCUT2D eigenvalue weighted by atomic mass is 10.2. The topological polar surface area (TPSA) is 96.2 Å². The van der Waals surface area contributed by atoms with E-state index in [1.807, 2.05) is 24.3 Å². The van der Waals surface area contributed by atoms with Gasteiger partial charge in [-0.05, 0) is 50.1 Å². The largest absolute Gasteiger partial charge is 0.493 e. The van der Waals surface area contributed by atoms with Crippen LogP contribution in [0.4, 0.5) is 5.69 Å². The first-order valence-electron chi connectivity index (χ1n) is 11.0. The number of anilines is 1. The molecule has 0 spiro atoms. The third kappa shape index (κ3) is 6.31. The van der Waals surface area contributed by atoms with Gasteiger partial charge in [0.2, 0.25) is 5.91 Å². The van der Waals surface area contributed by atoms with Crippen molar-refractivity contribution in [2.45, 2.75) is 26.7 Å². The fourth-order valence-electron chi connectivity index (χ4n) is 3.34. The second-order valence-electron chi connectivity index (χ2n) is 7.43. The molecule has 34 heavy (non-hydrogen) atoms. The van der Waals surface area contributed by atoms with Gasteiger partial charge in [0.25, 0.3) is 0 Å². The highest BCUT2D eigenvalue weighted by molar-refractivity contribution is 6.04. The smallest absolute Gasteiger partial charge is 0.305 e. The summed E-state index contributed by atoms with van der Waals surface area (Å²) in [6.45, 7) is 4.30. The summed E-state index contributed by atoms with van der Waals surface area (Å²) in [7, 11) is 3.09. The molecule has 1 aromatic heterocycles. The quantitative estimate of drug-likeness (QED) is 0.235. The molecule has 0 unspecified atom stereocenters. The van der Waals surface area contributed by atoms with Crippen LogP contribution in [0.1, 0.15) is 32.4 Å². The lowest BCUT2D eigenvalue weighted by Crippen LogP contribution is -2.08. The van der Waals surface area contributed by atoms with Gasteiger partial charge in [-0.25, -0.2) is 0 Å². The zero-order valence-corrected chi connectivity index (χ0v) is 19.8. The Morgan fingerprint density at radius 2 is 1.82 bits per heavy atom. The number of methoxy groups -OCH3 is 2. The van der Waals surface area contributed by atoms with Gasteiger partial charge in [-0.1, -0.05) is 12.1 Å². The Morgan fingerprint density at radius 3 is 2.56 bits per heavy atom. The van der Waals surface area contributed by atoms with Gasteiger partial charge in [0, 0.05) is 29.6 Å². The van der Waals surface area contributed by atoms with Crippen LogP contribution in [-0.4, -0.2) is 39.3 Å². The number of carbonyl (C=O) groups is 2. The molecule has 0 saturated carbocycles. The lowest BCUT2D eigenvalue weighted by Gasteiger charge is -2.09. The molecule has 0 bridgehead atoms. The Balaban J connectivity index is 1.68. The summed E-state index contributed by atoms with van der Waals surface area (Å²) >= 11 is 0. The van der Waals surface area contributed by atoms with Gasteiger partial charge in [-0.15, -0.1) is 0 Å². The van der Waals surface area contributed by atoms with Gasteiger partial charge >= 0.3 is 5.97 Å². The first-order chi connectivity index (χ1) is 16.4. The molecule has 8 nitrogen and oxygen atoms in total. The van der Waals surface area contributed by atoms with Gasteiger partial charge in [-0.3, -0.25) is 9.59 Å². The average Bonchev–Trinajstić information content (AvgIpc) is 3.27. The van der Waals surface area contributed by atoms with Crippen molar-refractivity contribution in [1.29, 1.82) is 0 Å². The molecule has 2 aromatic carbocycles. The molecule has 8 heteroatoms. The molecule has 0 radical (unpaired) electrons. The summed E-state index contributed by atoms with van der Waals surface area (Å²) < 4.78 is 27.2. The number of allylic oxidation sites excluding steroid dienone is 1. The van der Waals surface area contributed by atoms with Gasteiger partial charge < -0.3 is 28.7 Å². The highest BCUT2D eigenvalue weighted by Crippen LogP contribution is 2.32. The third-order valence-electron chi connectivity index (χ3n) is 4.98. The number of amides is 1. The second kappa shape index (κ2) is 11.8. The number of nitrogens with one attached hydrogen (secondary N) is 1. The van der Waals surface area contributed by atoms with Gasteiger partial charge in [-0.2, -0.15) is 0 Å². The van der Waals surface area contributed by atoms with Crippen molar-refractivity contribution in [3.63, 3.8) is 0 Å². The number of hydrogen-bond donors (Lipinski definition) is 1. The number of ether oxygens (including phenoxy) is 4. The molecule has 1 amide bonds. The summed E-state index contributed by atoms with van der Waals surface area (Å²) in [5, 5.41) is 3.66. The molecule has 3 aromatic rings. The second-order valence-corrected chi connectivity index (χ2v) is 7.43. The van der Waals surface area contributed by atoms with Crippen molar-refractivity contribution in [3.8, 4) is 17.2 Å². The van der Waals surface area contributed by atoms with Crippen molar-refractivity contribution in [3.05, 3.63) is 54.3 Å². The van der Waals surface area contributed by atoms with Crippen LogP contribution in [-0.2, 0) is 14.3 Å². The van der Waals surface area contributed by atoms with E-state index in [0.29, 0.717) is 65.9 Å². The SMILES string of the molecule is CCOC(=O)CCCOc1cccc2cc(/C(C)=C/C(=O)Nc3ccc(OC)c(OC)c3)oc12. The van der Waals surface area contributed by atoms with Crippen LogP contribution in [0, 0.1) is 0 Å². The highest BCUT2D eigenvalue weighted by Gasteiger charge is 2.13. The number of rotatable bonds is 11. The monoisotopic (exact) mass is 467 g/mol. The minimum Gasteiger partial charge on any atom is -0.493 e. The fourth-order valence-corrected chi connectivity index (χ4v) is 3.34. The number of carbonyl (C=O) groups excluding carboxylic acids is 2. The Bertz CT molecular complexity index is 1180. The number of para-hydroxylation sites is 1. The predicted molar refractivity (Wildman–Crippen MR) is 129 cm³/mol. The average molecular weight is 468 g/mol. The van der Waals surface area contributed by atoms with Gasteiger partial charge in [0.05, 0.1) is 27.4 Å². The van der Waals surface area contributed by atoms with Gasteiger partial charge in [0.15, 0.2) is 22.8 Å². The third-order valence-corrected chi connectivity index (χ3v) is 4.98. The molecule has 0 aliphatic carbocycles. The molecule has 1 heterocycles. The molecule has 0 aliphatic rings. The normalized spacial score (nSPS) is 11.2. The van der Waals surface area contributed by atoms with E-state index in [4.69, 9.17) is 23.4 Å². The molecule has 0 aliphatic heterocycles. The number of fused-ring (bicyclic) bond motifs is 1. The molecule has 1 N–H and O–H groups in total. The van der Waals surface area contributed by atoms with Crippen LogP contribution in [0.2, 0.25) is 0 Å². The maximum absolute atomic E-state index is 12.5. The summed E-state index contributed by atoms with van der Waals surface area (Å²) in [6, 6.07) is 12.6. The van der Waals surface area contributed by atoms with E-state index in [1.54, 1.807) is 39.2 Å². The summed E-state index contributed by atoms with van der Waals surface area (Å²) in [5.41, 5.74) is 1.82. The highest BCUT2D eigenvalue weighted by atomic mass is 16.5. The zero-order chi connectivity index (χ0) is 24.5. The molecular weight excluding hydrogens is 438 g/mol.